The van der Waals surface area contributed by atoms with Gasteiger partial charge in [-0.25, -0.2) is 0 Å². The molecule has 0 fully saturated rings. The van der Waals surface area contributed by atoms with Crippen LogP contribution in [0.15, 0.2) is 53.9 Å². The Morgan fingerprint density at radius 3 is 2.69 bits per heavy atom. The van der Waals surface area contributed by atoms with Crippen LogP contribution in [0.25, 0.3) is 0 Å². The summed E-state index contributed by atoms with van der Waals surface area (Å²) in [5.41, 5.74) is 3.99. The molecule has 2 amide bonds. The number of amides is 2. The zero-order chi connectivity index (χ0) is 24.5. The molecule has 5 rings (SSSR count). The van der Waals surface area contributed by atoms with E-state index in [2.05, 4.69) is 44.4 Å². The number of hydrogen-bond donors (Lipinski definition) is 0. The maximum atomic E-state index is 13.8. The van der Waals surface area contributed by atoms with Gasteiger partial charge in [-0.1, -0.05) is 38.1 Å². The average molecular weight is 491 g/mol. The highest BCUT2D eigenvalue weighted by atomic mass is 32.1. The molecule has 0 N–H and O–H groups in total. The normalized spacial score (nSPS) is 16.3. The van der Waals surface area contributed by atoms with E-state index in [9.17, 15) is 9.59 Å². The highest BCUT2D eigenvalue weighted by molar-refractivity contribution is 7.10. The molecular weight excluding hydrogens is 460 g/mol. The van der Waals surface area contributed by atoms with Gasteiger partial charge in [-0.05, 0) is 65.6 Å². The van der Waals surface area contributed by atoms with E-state index in [1.54, 1.807) is 34.4 Å². The summed E-state index contributed by atoms with van der Waals surface area (Å²) >= 11 is 1.75. The van der Waals surface area contributed by atoms with Crippen molar-refractivity contribution in [1.29, 1.82) is 0 Å². The summed E-state index contributed by atoms with van der Waals surface area (Å²) in [7, 11) is 0. The molecule has 0 radical (unpaired) electrons. The number of fused-ring (bicyclic) bond motifs is 2. The summed E-state index contributed by atoms with van der Waals surface area (Å²) < 4.78 is 10.8. The van der Waals surface area contributed by atoms with Gasteiger partial charge in [-0.2, -0.15) is 0 Å². The molecule has 7 heteroatoms. The predicted octanol–water partition coefficient (Wildman–Crippen LogP) is 5.06. The van der Waals surface area contributed by atoms with Gasteiger partial charge in [0.1, 0.15) is 6.54 Å². The third-order valence-electron chi connectivity index (χ3n) is 6.59. The molecule has 1 aromatic heterocycles. The van der Waals surface area contributed by atoms with Crippen molar-refractivity contribution in [2.75, 3.05) is 26.4 Å². The minimum Gasteiger partial charge on any atom is -0.454 e. The molecule has 0 aliphatic carbocycles. The second-order valence-corrected chi connectivity index (χ2v) is 10.5. The Labute approximate surface area is 210 Å². The molecule has 2 aromatic carbocycles. The van der Waals surface area contributed by atoms with Crippen molar-refractivity contribution in [2.24, 2.45) is 5.92 Å². The van der Waals surface area contributed by atoms with E-state index in [1.807, 2.05) is 17.0 Å². The summed E-state index contributed by atoms with van der Waals surface area (Å²) in [5, 5.41) is 2.11. The fraction of sp³-hybridized carbons (Fsp3) is 0.357. The first-order valence-electron chi connectivity index (χ1n) is 12.0. The molecule has 0 spiro atoms. The number of carbonyl (C=O) groups is 2. The molecule has 3 aromatic rings. The van der Waals surface area contributed by atoms with Crippen molar-refractivity contribution in [3.63, 3.8) is 0 Å². The highest BCUT2D eigenvalue weighted by Gasteiger charge is 2.35. The fourth-order valence-corrected chi connectivity index (χ4v) is 5.84. The van der Waals surface area contributed by atoms with Crippen LogP contribution in [0.5, 0.6) is 11.5 Å². The van der Waals surface area contributed by atoms with Crippen LogP contribution in [0.1, 0.15) is 51.8 Å². The van der Waals surface area contributed by atoms with Crippen LogP contribution in [0, 0.1) is 12.8 Å². The Morgan fingerprint density at radius 1 is 1.09 bits per heavy atom. The van der Waals surface area contributed by atoms with Gasteiger partial charge in [0.05, 0.1) is 6.04 Å². The largest absolute Gasteiger partial charge is 0.454 e. The Bertz CT molecular complexity index is 1250. The molecule has 0 saturated heterocycles. The predicted molar refractivity (Wildman–Crippen MR) is 136 cm³/mol. The number of nitrogens with zero attached hydrogens (tertiary/aromatic N) is 2. The molecule has 0 bridgehead atoms. The Balaban J connectivity index is 1.43. The lowest BCUT2D eigenvalue weighted by Crippen LogP contribution is -2.47. The van der Waals surface area contributed by atoms with E-state index in [4.69, 9.17) is 9.47 Å². The minimum atomic E-state index is -0.175. The van der Waals surface area contributed by atoms with Crippen LogP contribution >= 0.6 is 11.3 Å². The number of hydrogen-bond acceptors (Lipinski definition) is 5. The van der Waals surface area contributed by atoms with Crippen molar-refractivity contribution >= 4 is 23.2 Å². The van der Waals surface area contributed by atoms with Gasteiger partial charge < -0.3 is 19.3 Å². The molecule has 182 valence electrons. The third kappa shape index (κ3) is 4.65. The van der Waals surface area contributed by atoms with Gasteiger partial charge in [-0.3, -0.25) is 9.59 Å². The van der Waals surface area contributed by atoms with E-state index >= 15 is 0 Å². The Kier molecular flexibility index (Phi) is 6.52. The second-order valence-electron chi connectivity index (χ2n) is 9.54. The van der Waals surface area contributed by atoms with E-state index in [-0.39, 0.29) is 37.1 Å². The number of ether oxygens (including phenoxy) is 2. The second kappa shape index (κ2) is 9.74. The summed E-state index contributed by atoms with van der Waals surface area (Å²) in [4.78, 5) is 32.3. The molecule has 2 aliphatic rings. The number of thiophene rings is 1. The monoisotopic (exact) mass is 490 g/mol. The third-order valence-corrected chi connectivity index (χ3v) is 7.58. The van der Waals surface area contributed by atoms with Crippen molar-refractivity contribution in [1.82, 2.24) is 9.80 Å². The van der Waals surface area contributed by atoms with E-state index in [0.717, 1.165) is 17.5 Å². The maximum absolute atomic E-state index is 13.8. The van der Waals surface area contributed by atoms with Crippen LogP contribution in [-0.4, -0.2) is 48.0 Å². The molecule has 6 nitrogen and oxygen atoms in total. The zero-order valence-electron chi connectivity index (χ0n) is 20.3. The number of benzene rings is 2. The highest BCUT2D eigenvalue weighted by Crippen LogP contribution is 2.39. The van der Waals surface area contributed by atoms with Crippen molar-refractivity contribution in [3.8, 4) is 11.5 Å². The smallest absolute Gasteiger partial charge is 0.254 e. The Morgan fingerprint density at radius 2 is 1.89 bits per heavy atom. The van der Waals surface area contributed by atoms with Gasteiger partial charge in [0.25, 0.3) is 5.91 Å². The van der Waals surface area contributed by atoms with Gasteiger partial charge >= 0.3 is 0 Å². The van der Waals surface area contributed by atoms with Gasteiger partial charge in [-0.15, -0.1) is 11.3 Å². The minimum absolute atomic E-state index is 0.0350. The van der Waals surface area contributed by atoms with Crippen molar-refractivity contribution < 1.29 is 19.1 Å². The quantitative estimate of drug-likeness (QED) is 0.485. The van der Waals surface area contributed by atoms with E-state index < -0.39 is 0 Å². The number of aryl methyl sites for hydroxylation is 1. The van der Waals surface area contributed by atoms with Crippen LogP contribution in [0.3, 0.4) is 0 Å². The van der Waals surface area contributed by atoms with Crippen molar-refractivity contribution in [3.05, 3.63) is 81.0 Å². The molecule has 2 aliphatic heterocycles. The van der Waals surface area contributed by atoms with Crippen LogP contribution < -0.4 is 9.47 Å². The molecule has 1 unspecified atom stereocenters. The summed E-state index contributed by atoms with van der Waals surface area (Å²) in [6, 6.07) is 15.4. The molecule has 3 heterocycles. The van der Waals surface area contributed by atoms with Gasteiger partial charge in [0, 0.05) is 23.5 Å². The standard InChI is InChI=1S/C28H30N2O4S/c1-18(2)15-29(28(32)20-8-9-23-24(14-20)34-17-33-23)16-26(31)30-12-10-25-22(11-13-35-25)27(30)21-7-5-4-6-19(21)3/h4-9,11,13-14,18,27H,10,12,15-17H2,1-3H3. The summed E-state index contributed by atoms with van der Waals surface area (Å²) in [6.07, 6.45) is 0.835. The zero-order valence-corrected chi connectivity index (χ0v) is 21.1. The lowest BCUT2D eigenvalue weighted by Gasteiger charge is -2.38. The topological polar surface area (TPSA) is 59.1 Å². The molecule has 0 saturated carbocycles. The average Bonchev–Trinajstić information content (AvgIpc) is 3.51. The van der Waals surface area contributed by atoms with Crippen LogP contribution in [-0.2, 0) is 11.2 Å². The summed E-state index contributed by atoms with van der Waals surface area (Å²) in [6.45, 7) is 7.52. The first-order chi connectivity index (χ1) is 16.9. The lowest BCUT2D eigenvalue weighted by molar-refractivity contribution is -0.134. The van der Waals surface area contributed by atoms with Crippen molar-refractivity contribution in [2.45, 2.75) is 33.2 Å². The van der Waals surface area contributed by atoms with Gasteiger partial charge in [0.15, 0.2) is 11.5 Å². The SMILES string of the molecule is Cc1ccccc1C1c2ccsc2CCN1C(=O)CN(CC(C)C)C(=O)c1ccc2c(c1)OCO2. The molecule has 1 atom stereocenters. The fourth-order valence-electron chi connectivity index (χ4n) is 4.94. The van der Waals surface area contributed by atoms with Crippen LogP contribution in [0.2, 0.25) is 0 Å². The number of carbonyl (C=O) groups excluding carboxylic acids is 2. The first-order valence-corrected chi connectivity index (χ1v) is 12.9. The molecule has 35 heavy (non-hydrogen) atoms. The Hall–Kier alpha value is -3.32. The summed E-state index contributed by atoms with van der Waals surface area (Å²) in [5.74, 6) is 1.20. The number of rotatable bonds is 6. The van der Waals surface area contributed by atoms with E-state index in [0.29, 0.717) is 30.2 Å². The molecular formula is C28H30N2O4S. The van der Waals surface area contributed by atoms with E-state index in [1.165, 1.54) is 10.4 Å². The lowest BCUT2D eigenvalue weighted by atomic mass is 9.90. The van der Waals surface area contributed by atoms with Crippen LogP contribution in [0.4, 0.5) is 0 Å². The maximum Gasteiger partial charge on any atom is 0.254 e. The first kappa shape index (κ1) is 23.4. The van der Waals surface area contributed by atoms with Gasteiger partial charge in [0.2, 0.25) is 12.7 Å².